The molecule has 128 valence electrons. The summed E-state index contributed by atoms with van der Waals surface area (Å²) >= 11 is 6.00. The highest BCUT2D eigenvalue weighted by Gasteiger charge is 2.16. The molecular weight excluding hydrogens is 322 g/mol. The van der Waals surface area contributed by atoms with E-state index in [4.69, 9.17) is 17.3 Å². The van der Waals surface area contributed by atoms with Crippen LogP contribution in [0.1, 0.15) is 43.7 Å². The third-order valence-electron chi connectivity index (χ3n) is 4.49. The van der Waals surface area contributed by atoms with E-state index < -0.39 is 0 Å². The van der Waals surface area contributed by atoms with Crippen molar-refractivity contribution in [3.05, 3.63) is 53.3 Å². The van der Waals surface area contributed by atoms with Gasteiger partial charge in [-0.25, -0.2) is 0 Å². The lowest BCUT2D eigenvalue weighted by molar-refractivity contribution is 0.412. The van der Waals surface area contributed by atoms with Crippen LogP contribution in [-0.4, -0.2) is 28.3 Å². The molecule has 3 N–H and O–H groups in total. The van der Waals surface area contributed by atoms with Gasteiger partial charge in [0, 0.05) is 23.5 Å². The van der Waals surface area contributed by atoms with Crippen molar-refractivity contribution in [1.82, 2.24) is 15.1 Å². The molecule has 0 bridgehead atoms. The third-order valence-corrected chi connectivity index (χ3v) is 4.74. The van der Waals surface area contributed by atoms with Gasteiger partial charge in [-0.3, -0.25) is 9.67 Å². The molecule has 1 aliphatic carbocycles. The molecule has 1 fully saturated rings. The molecule has 3 rings (SSSR count). The van der Waals surface area contributed by atoms with E-state index in [9.17, 15) is 0 Å². The number of nitrogens with one attached hydrogen (secondary N) is 1. The summed E-state index contributed by atoms with van der Waals surface area (Å²) in [6.07, 6.45) is 9.94. The predicted molar refractivity (Wildman–Crippen MR) is 98.3 cm³/mol. The molecule has 6 heteroatoms. The van der Waals surface area contributed by atoms with E-state index in [1.807, 2.05) is 41.2 Å². The highest BCUT2D eigenvalue weighted by molar-refractivity contribution is 6.30. The minimum absolute atomic E-state index is 0.00368. The minimum atomic E-state index is 0.00368. The number of halogens is 1. The number of rotatable bonds is 5. The van der Waals surface area contributed by atoms with E-state index in [1.54, 1.807) is 6.20 Å². The van der Waals surface area contributed by atoms with Crippen LogP contribution in [0.25, 0.3) is 0 Å². The average Bonchev–Trinajstić information content (AvgIpc) is 3.12. The van der Waals surface area contributed by atoms with Gasteiger partial charge in [-0.15, -0.1) is 0 Å². The van der Waals surface area contributed by atoms with Crippen molar-refractivity contribution >= 4 is 17.6 Å². The van der Waals surface area contributed by atoms with E-state index in [1.165, 1.54) is 32.1 Å². The molecule has 0 radical (unpaired) electrons. The van der Waals surface area contributed by atoms with Crippen molar-refractivity contribution in [1.29, 1.82) is 0 Å². The molecule has 24 heavy (non-hydrogen) atoms. The lowest BCUT2D eigenvalue weighted by atomic mass is 9.96. The molecule has 0 aliphatic heterocycles. The van der Waals surface area contributed by atoms with Crippen LogP contribution in [0.5, 0.6) is 0 Å². The molecule has 0 saturated heterocycles. The van der Waals surface area contributed by atoms with Crippen LogP contribution in [0.4, 0.5) is 0 Å². The van der Waals surface area contributed by atoms with Crippen LogP contribution in [0.3, 0.4) is 0 Å². The Balaban J connectivity index is 1.69. The van der Waals surface area contributed by atoms with E-state index in [2.05, 4.69) is 15.4 Å². The first-order chi connectivity index (χ1) is 11.7. The molecule has 1 aliphatic rings. The minimum Gasteiger partial charge on any atom is -0.370 e. The molecular formula is C18H24ClN5. The van der Waals surface area contributed by atoms with E-state index in [-0.39, 0.29) is 6.04 Å². The zero-order valence-electron chi connectivity index (χ0n) is 13.7. The van der Waals surface area contributed by atoms with E-state index in [0.717, 1.165) is 10.6 Å². The van der Waals surface area contributed by atoms with Crippen LogP contribution in [0.2, 0.25) is 5.02 Å². The first kappa shape index (κ1) is 16.8. The molecule has 1 heterocycles. The normalized spacial score (nSPS) is 17.6. The summed E-state index contributed by atoms with van der Waals surface area (Å²) in [6.45, 7) is 0.537. The Labute approximate surface area is 147 Å². The van der Waals surface area contributed by atoms with Crippen molar-refractivity contribution in [2.24, 2.45) is 10.7 Å². The smallest absolute Gasteiger partial charge is 0.188 e. The molecule has 5 nitrogen and oxygen atoms in total. The summed E-state index contributed by atoms with van der Waals surface area (Å²) in [7, 11) is 0. The van der Waals surface area contributed by atoms with Crippen LogP contribution < -0.4 is 11.1 Å². The van der Waals surface area contributed by atoms with Gasteiger partial charge in [0.25, 0.3) is 0 Å². The number of nitrogens with zero attached hydrogens (tertiary/aromatic N) is 3. The Morgan fingerprint density at radius 1 is 1.29 bits per heavy atom. The van der Waals surface area contributed by atoms with Crippen molar-refractivity contribution in [2.45, 2.75) is 44.2 Å². The monoisotopic (exact) mass is 345 g/mol. The van der Waals surface area contributed by atoms with Crippen LogP contribution in [-0.2, 0) is 0 Å². The Morgan fingerprint density at radius 2 is 2.04 bits per heavy atom. The average molecular weight is 346 g/mol. The van der Waals surface area contributed by atoms with Crippen molar-refractivity contribution in [3.63, 3.8) is 0 Å². The van der Waals surface area contributed by atoms with Gasteiger partial charge in [-0.05, 0) is 36.6 Å². The van der Waals surface area contributed by atoms with E-state index >= 15 is 0 Å². The second-order valence-corrected chi connectivity index (χ2v) is 6.70. The Morgan fingerprint density at radius 3 is 2.71 bits per heavy atom. The first-order valence-electron chi connectivity index (χ1n) is 8.53. The molecule has 2 aromatic rings. The van der Waals surface area contributed by atoms with Crippen LogP contribution in [0.15, 0.2) is 47.7 Å². The van der Waals surface area contributed by atoms with Gasteiger partial charge >= 0.3 is 0 Å². The molecule has 1 aromatic heterocycles. The summed E-state index contributed by atoms with van der Waals surface area (Å²) in [5.41, 5.74) is 7.21. The topological polar surface area (TPSA) is 68.2 Å². The summed E-state index contributed by atoms with van der Waals surface area (Å²) in [4.78, 5) is 4.56. The molecule has 0 spiro atoms. The summed E-state index contributed by atoms with van der Waals surface area (Å²) in [5, 5.41) is 8.44. The zero-order valence-corrected chi connectivity index (χ0v) is 14.5. The van der Waals surface area contributed by atoms with Gasteiger partial charge in [0.05, 0.1) is 12.6 Å². The largest absolute Gasteiger partial charge is 0.370 e. The van der Waals surface area contributed by atoms with Gasteiger partial charge < -0.3 is 11.1 Å². The first-order valence-corrected chi connectivity index (χ1v) is 8.91. The third kappa shape index (κ3) is 4.51. The number of aromatic nitrogens is 2. The van der Waals surface area contributed by atoms with Gasteiger partial charge in [0.1, 0.15) is 0 Å². The molecule has 1 aromatic carbocycles. The van der Waals surface area contributed by atoms with Gasteiger partial charge in [-0.1, -0.05) is 43.0 Å². The molecule has 1 atom stereocenters. The number of hydrogen-bond donors (Lipinski definition) is 2. The number of benzene rings is 1. The van der Waals surface area contributed by atoms with E-state index in [0.29, 0.717) is 18.5 Å². The fraction of sp³-hybridized carbons (Fsp3) is 0.444. The van der Waals surface area contributed by atoms with Gasteiger partial charge in [-0.2, -0.15) is 5.10 Å². The van der Waals surface area contributed by atoms with Gasteiger partial charge in [0.2, 0.25) is 0 Å². The molecule has 1 saturated carbocycles. The lowest BCUT2D eigenvalue weighted by Gasteiger charge is -2.23. The number of nitrogens with two attached hydrogens (primary N) is 1. The maximum atomic E-state index is 6.10. The van der Waals surface area contributed by atoms with Crippen LogP contribution >= 0.6 is 11.6 Å². The number of hydrogen-bond acceptors (Lipinski definition) is 2. The van der Waals surface area contributed by atoms with Crippen molar-refractivity contribution in [3.8, 4) is 0 Å². The summed E-state index contributed by atoms with van der Waals surface area (Å²) in [6, 6.07) is 10.2. The fourth-order valence-corrected chi connectivity index (χ4v) is 3.30. The molecule has 1 unspecified atom stereocenters. The Hall–Kier alpha value is -2.01. The quantitative estimate of drug-likeness (QED) is 0.645. The predicted octanol–water partition coefficient (Wildman–Crippen LogP) is 3.36. The van der Waals surface area contributed by atoms with Crippen LogP contribution in [0, 0.1) is 0 Å². The number of guanidine groups is 1. The SMILES string of the molecule is NC(=NCC(c1ccc(Cl)cc1)n1cccn1)NC1CCCCC1. The summed E-state index contributed by atoms with van der Waals surface area (Å²) < 4.78 is 1.90. The van der Waals surface area contributed by atoms with Crippen molar-refractivity contribution < 1.29 is 0 Å². The highest BCUT2D eigenvalue weighted by atomic mass is 35.5. The summed E-state index contributed by atoms with van der Waals surface area (Å²) in [5.74, 6) is 0.521. The lowest BCUT2D eigenvalue weighted by Crippen LogP contribution is -2.41. The Kier molecular flexibility index (Phi) is 5.75. The second-order valence-electron chi connectivity index (χ2n) is 6.26. The standard InChI is InChI=1S/C18H24ClN5/c19-15-9-7-14(8-10-15)17(24-12-4-11-22-24)13-21-18(20)23-16-5-2-1-3-6-16/h4,7-12,16-17H,1-3,5-6,13H2,(H3,20,21,23). The molecule has 0 amide bonds. The maximum Gasteiger partial charge on any atom is 0.188 e. The number of aliphatic imine (C=N–C) groups is 1. The fourth-order valence-electron chi connectivity index (χ4n) is 3.18. The highest BCUT2D eigenvalue weighted by Crippen LogP contribution is 2.21. The Bertz CT molecular complexity index is 645. The maximum absolute atomic E-state index is 6.10. The second kappa shape index (κ2) is 8.20. The van der Waals surface area contributed by atoms with Crippen molar-refractivity contribution in [2.75, 3.05) is 6.54 Å². The van der Waals surface area contributed by atoms with Gasteiger partial charge in [0.15, 0.2) is 5.96 Å². The zero-order chi connectivity index (χ0) is 16.8.